The number of allylic oxidation sites excluding steroid dienone is 1. The Kier molecular flexibility index (Phi) is 2.90. The molecule has 0 aromatic carbocycles. The molecule has 2 heterocycles. The zero-order valence-corrected chi connectivity index (χ0v) is 7.85. The summed E-state index contributed by atoms with van der Waals surface area (Å²) in [6.07, 6.45) is 3.57. The Hall–Kier alpha value is -1.20. The highest BCUT2D eigenvalue weighted by Gasteiger charge is 2.25. The van der Waals surface area contributed by atoms with Crippen LogP contribution in [0.5, 0.6) is 0 Å². The van der Waals surface area contributed by atoms with E-state index in [-0.39, 0.29) is 11.8 Å². The molecule has 1 fully saturated rings. The van der Waals surface area contributed by atoms with E-state index in [1.165, 1.54) is 0 Å². The molecule has 1 aliphatic heterocycles. The second-order valence-electron chi connectivity index (χ2n) is 3.28. The minimum atomic E-state index is 0.147. The fraction of sp³-hybridized carbons (Fsp3) is 0.556. The minimum Gasteiger partial charge on any atom is -0.355 e. The molecule has 5 heteroatoms. The van der Waals surface area contributed by atoms with E-state index in [4.69, 9.17) is 9.47 Å². The van der Waals surface area contributed by atoms with Crippen LogP contribution in [0.25, 0.3) is 0 Å². The topological polar surface area (TPSA) is 60.0 Å². The van der Waals surface area contributed by atoms with E-state index in [2.05, 4.69) is 22.0 Å². The summed E-state index contributed by atoms with van der Waals surface area (Å²) in [6.45, 7) is 5.56. The van der Waals surface area contributed by atoms with Crippen LogP contribution in [0.4, 0.5) is 0 Å². The second-order valence-corrected chi connectivity index (χ2v) is 3.28. The molecule has 0 spiro atoms. The number of H-pyrrole nitrogens is 1. The number of rotatable bonds is 3. The van der Waals surface area contributed by atoms with Crippen molar-refractivity contribution in [3.8, 4) is 0 Å². The maximum atomic E-state index is 5.23. The first-order valence-electron chi connectivity index (χ1n) is 4.55. The lowest BCUT2D eigenvalue weighted by Gasteiger charge is -2.26. The maximum absolute atomic E-state index is 5.23. The molecule has 1 aromatic rings. The van der Waals surface area contributed by atoms with Crippen LogP contribution in [0.15, 0.2) is 18.9 Å². The van der Waals surface area contributed by atoms with Crippen molar-refractivity contribution >= 4 is 0 Å². The summed E-state index contributed by atoms with van der Waals surface area (Å²) in [7, 11) is 0. The van der Waals surface area contributed by atoms with Gasteiger partial charge >= 0.3 is 0 Å². The lowest BCUT2D eigenvalue weighted by atomic mass is 9.91. The first kappa shape index (κ1) is 9.36. The van der Waals surface area contributed by atoms with E-state index >= 15 is 0 Å². The summed E-state index contributed by atoms with van der Waals surface area (Å²) in [5.41, 5.74) is 0.888. The summed E-state index contributed by atoms with van der Waals surface area (Å²) in [5.74, 6) is 0.431. The van der Waals surface area contributed by atoms with E-state index in [0.717, 1.165) is 5.69 Å². The fourth-order valence-electron chi connectivity index (χ4n) is 1.64. The molecule has 0 aliphatic carbocycles. The predicted molar refractivity (Wildman–Crippen MR) is 49.6 cm³/mol. The van der Waals surface area contributed by atoms with E-state index < -0.39 is 0 Å². The molecule has 1 aromatic heterocycles. The highest BCUT2D eigenvalue weighted by molar-refractivity contribution is 5.11. The lowest BCUT2D eigenvalue weighted by molar-refractivity contribution is -0.128. The number of ether oxygens (including phenoxy) is 2. The highest BCUT2D eigenvalue weighted by Crippen LogP contribution is 2.26. The maximum Gasteiger partial charge on any atom is 0.146 e. The van der Waals surface area contributed by atoms with Gasteiger partial charge in [0.05, 0.1) is 25.1 Å². The SMILES string of the molecule is C=CC(c1cn[nH]n1)C1COCOC1. The van der Waals surface area contributed by atoms with Gasteiger partial charge in [-0.3, -0.25) is 0 Å². The monoisotopic (exact) mass is 195 g/mol. The van der Waals surface area contributed by atoms with E-state index in [1.807, 2.05) is 6.08 Å². The van der Waals surface area contributed by atoms with Crippen molar-refractivity contribution in [3.63, 3.8) is 0 Å². The van der Waals surface area contributed by atoms with Crippen LogP contribution in [0.3, 0.4) is 0 Å². The van der Waals surface area contributed by atoms with Crippen molar-refractivity contribution in [3.05, 3.63) is 24.5 Å². The third-order valence-electron chi connectivity index (χ3n) is 2.37. The van der Waals surface area contributed by atoms with Gasteiger partial charge in [-0.2, -0.15) is 15.4 Å². The van der Waals surface area contributed by atoms with Crippen LogP contribution in [0, 0.1) is 5.92 Å². The summed E-state index contributed by atoms with van der Waals surface area (Å²) < 4.78 is 10.5. The first-order valence-corrected chi connectivity index (χ1v) is 4.55. The zero-order chi connectivity index (χ0) is 9.80. The van der Waals surface area contributed by atoms with Gasteiger partial charge in [0.1, 0.15) is 6.79 Å². The second kappa shape index (κ2) is 4.34. The average Bonchev–Trinajstić information content (AvgIpc) is 2.74. The van der Waals surface area contributed by atoms with Crippen molar-refractivity contribution in [1.29, 1.82) is 0 Å². The van der Waals surface area contributed by atoms with Crippen molar-refractivity contribution in [2.75, 3.05) is 20.0 Å². The third-order valence-corrected chi connectivity index (χ3v) is 2.37. The number of aromatic nitrogens is 3. The Morgan fingerprint density at radius 3 is 2.93 bits per heavy atom. The molecular formula is C9H13N3O2. The highest BCUT2D eigenvalue weighted by atomic mass is 16.7. The Balaban J connectivity index is 2.08. The summed E-state index contributed by atoms with van der Waals surface area (Å²) >= 11 is 0. The smallest absolute Gasteiger partial charge is 0.146 e. The van der Waals surface area contributed by atoms with Gasteiger partial charge in [0.2, 0.25) is 0 Å². The van der Waals surface area contributed by atoms with Gasteiger partial charge in [0.15, 0.2) is 0 Å². The molecule has 1 atom stereocenters. The van der Waals surface area contributed by atoms with E-state index in [1.54, 1.807) is 6.20 Å². The normalized spacial score (nSPS) is 20.6. The van der Waals surface area contributed by atoms with Gasteiger partial charge in [0, 0.05) is 11.8 Å². The van der Waals surface area contributed by atoms with Crippen molar-refractivity contribution in [2.24, 2.45) is 5.92 Å². The largest absolute Gasteiger partial charge is 0.355 e. The van der Waals surface area contributed by atoms with Gasteiger partial charge in [-0.1, -0.05) is 6.08 Å². The molecule has 0 amide bonds. The van der Waals surface area contributed by atoms with Gasteiger partial charge in [-0.25, -0.2) is 0 Å². The molecule has 0 saturated carbocycles. The fourth-order valence-corrected chi connectivity index (χ4v) is 1.64. The third kappa shape index (κ3) is 1.83. The Labute approximate surface area is 82.1 Å². The standard InChI is InChI=1S/C9H13N3O2/c1-2-8(9-3-10-12-11-9)7-4-13-6-14-5-7/h2-3,7-8H,1,4-6H2,(H,10,11,12). The number of aromatic amines is 1. The van der Waals surface area contributed by atoms with E-state index in [0.29, 0.717) is 20.0 Å². The summed E-state index contributed by atoms with van der Waals surface area (Å²) in [6, 6.07) is 0. The Morgan fingerprint density at radius 2 is 2.36 bits per heavy atom. The van der Waals surface area contributed by atoms with Gasteiger partial charge < -0.3 is 9.47 Å². The first-order chi connectivity index (χ1) is 6.92. The molecule has 1 aliphatic rings. The molecule has 1 saturated heterocycles. The minimum absolute atomic E-state index is 0.147. The van der Waals surface area contributed by atoms with Crippen molar-refractivity contribution in [2.45, 2.75) is 5.92 Å². The average molecular weight is 195 g/mol. The van der Waals surface area contributed by atoms with Crippen molar-refractivity contribution in [1.82, 2.24) is 15.4 Å². The van der Waals surface area contributed by atoms with Crippen molar-refractivity contribution < 1.29 is 9.47 Å². The van der Waals surface area contributed by atoms with Crippen LogP contribution >= 0.6 is 0 Å². The Bertz CT molecular complexity index is 280. The molecular weight excluding hydrogens is 182 g/mol. The van der Waals surface area contributed by atoms with Gasteiger partial charge in [0.25, 0.3) is 0 Å². The predicted octanol–water partition coefficient (Wildman–Crippen LogP) is 0.695. The van der Waals surface area contributed by atoms with Crippen LogP contribution in [-0.2, 0) is 9.47 Å². The molecule has 1 unspecified atom stereocenters. The number of nitrogens with zero attached hydrogens (tertiary/aromatic N) is 2. The number of hydrogen-bond donors (Lipinski definition) is 1. The molecule has 0 radical (unpaired) electrons. The lowest BCUT2D eigenvalue weighted by Crippen LogP contribution is -2.28. The van der Waals surface area contributed by atoms with Gasteiger partial charge in [-0.15, -0.1) is 6.58 Å². The Morgan fingerprint density at radius 1 is 1.57 bits per heavy atom. The zero-order valence-electron chi connectivity index (χ0n) is 7.85. The van der Waals surface area contributed by atoms with Crippen LogP contribution in [-0.4, -0.2) is 35.4 Å². The molecule has 5 nitrogen and oxygen atoms in total. The number of hydrogen-bond acceptors (Lipinski definition) is 4. The quantitative estimate of drug-likeness (QED) is 0.721. The molecule has 2 rings (SSSR count). The molecule has 76 valence electrons. The van der Waals surface area contributed by atoms with Crippen LogP contribution in [0.2, 0.25) is 0 Å². The summed E-state index contributed by atoms with van der Waals surface area (Å²) in [5, 5.41) is 10.4. The number of nitrogens with one attached hydrogen (secondary N) is 1. The molecule has 14 heavy (non-hydrogen) atoms. The van der Waals surface area contributed by atoms with Gasteiger partial charge in [-0.05, 0) is 0 Å². The summed E-state index contributed by atoms with van der Waals surface area (Å²) in [4.78, 5) is 0. The van der Waals surface area contributed by atoms with E-state index in [9.17, 15) is 0 Å². The van der Waals surface area contributed by atoms with Crippen LogP contribution in [0.1, 0.15) is 11.6 Å². The molecule has 1 N–H and O–H groups in total. The molecule has 0 bridgehead atoms. The van der Waals surface area contributed by atoms with Crippen LogP contribution < -0.4 is 0 Å².